The third-order valence-corrected chi connectivity index (χ3v) is 4.10. The van der Waals surface area contributed by atoms with Crippen molar-refractivity contribution >= 4 is 33.4 Å². The normalized spacial score (nSPS) is 11.8. The Bertz CT molecular complexity index is 619. The van der Waals surface area contributed by atoms with Gasteiger partial charge in [0, 0.05) is 11.6 Å². The number of hydrogen-bond acceptors (Lipinski definition) is 2. The molecule has 3 nitrogen and oxygen atoms in total. The zero-order valence-corrected chi connectivity index (χ0v) is 13.8. The van der Waals surface area contributed by atoms with Gasteiger partial charge < -0.3 is 10.1 Å². The highest BCUT2D eigenvalue weighted by Crippen LogP contribution is 2.24. The zero-order chi connectivity index (χ0) is 15.2. The number of hydrogen-bond donors (Lipinski definition) is 1. The summed E-state index contributed by atoms with van der Waals surface area (Å²) in [6, 6.07) is 14.9. The largest absolute Gasteiger partial charge is 0.496 e. The molecule has 0 fully saturated rings. The lowest BCUT2D eigenvalue weighted by Gasteiger charge is -2.13. The van der Waals surface area contributed by atoms with E-state index in [0.29, 0.717) is 22.9 Å². The molecule has 0 saturated carbocycles. The first-order valence-corrected chi connectivity index (χ1v) is 7.72. The number of carbonyl (C=O) groups is 1. The second kappa shape index (κ2) is 7.48. The monoisotopic (exact) mass is 367 g/mol. The first-order chi connectivity index (χ1) is 10.1. The standard InChI is InChI=1S/C16H15BrClNO2/c1-21-15-8-7-12(18)9-13(15)16(20)19-10-14(17)11-5-3-2-4-6-11/h2-9,14H,10H2,1H3,(H,19,20). The van der Waals surface area contributed by atoms with Crippen molar-refractivity contribution in [2.75, 3.05) is 13.7 Å². The molecule has 2 aromatic rings. The lowest BCUT2D eigenvalue weighted by Crippen LogP contribution is -2.27. The van der Waals surface area contributed by atoms with Gasteiger partial charge in [-0.05, 0) is 23.8 Å². The van der Waals surface area contributed by atoms with E-state index >= 15 is 0 Å². The van der Waals surface area contributed by atoms with Crippen molar-refractivity contribution in [1.29, 1.82) is 0 Å². The predicted octanol–water partition coefficient (Wildman–Crippen LogP) is 4.21. The Balaban J connectivity index is 2.04. The van der Waals surface area contributed by atoms with Gasteiger partial charge in [0.2, 0.25) is 0 Å². The van der Waals surface area contributed by atoms with Gasteiger partial charge in [-0.1, -0.05) is 57.9 Å². The fraction of sp³-hybridized carbons (Fsp3) is 0.188. The van der Waals surface area contributed by atoms with Crippen LogP contribution in [0.3, 0.4) is 0 Å². The molecule has 1 unspecified atom stereocenters. The summed E-state index contributed by atoms with van der Waals surface area (Å²) in [5, 5.41) is 3.37. The Labute approximate surface area is 137 Å². The van der Waals surface area contributed by atoms with E-state index in [1.807, 2.05) is 30.3 Å². The molecule has 21 heavy (non-hydrogen) atoms. The van der Waals surface area contributed by atoms with Crippen molar-refractivity contribution < 1.29 is 9.53 Å². The van der Waals surface area contributed by atoms with Gasteiger partial charge in [-0.25, -0.2) is 0 Å². The highest BCUT2D eigenvalue weighted by molar-refractivity contribution is 9.09. The van der Waals surface area contributed by atoms with Gasteiger partial charge in [0.25, 0.3) is 5.91 Å². The molecule has 0 spiro atoms. The first-order valence-electron chi connectivity index (χ1n) is 6.42. The van der Waals surface area contributed by atoms with Crippen LogP contribution in [0.25, 0.3) is 0 Å². The smallest absolute Gasteiger partial charge is 0.255 e. The van der Waals surface area contributed by atoms with E-state index in [0.717, 1.165) is 5.56 Å². The minimum atomic E-state index is -0.213. The van der Waals surface area contributed by atoms with Gasteiger partial charge in [0.05, 0.1) is 17.5 Å². The summed E-state index contributed by atoms with van der Waals surface area (Å²) in [7, 11) is 1.53. The van der Waals surface area contributed by atoms with Crippen molar-refractivity contribution in [3.8, 4) is 5.75 Å². The minimum Gasteiger partial charge on any atom is -0.496 e. The van der Waals surface area contributed by atoms with Gasteiger partial charge in [-0.3, -0.25) is 4.79 Å². The van der Waals surface area contributed by atoms with Crippen molar-refractivity contribution in [2.24, 2.45) is 0 Å². The van der Waals surface area contributed by atoms with Crippen LogP contribution in [0.4, 0.5) is 0 Å². The molecular weight excluding hydrogens is 354 g/mol. The second-order valence-corrected chi connectivity index (χ2v) is 5.97. The Morgan fingerprint density at radius 1 is 1.29 bits per heavy atom. The maximum atomic E-state index is 12.2. The predicted molar refractivity (Wildman–Crippen MR) is 88.4 cm³/mol. The lowest BCUT2D eigenvalue weighted by molar-refractivity contribution is 0.0951. The molecule has 0 radical (unpaired) electrons. The van der Waals surface area contributed by atoms with Crippen LogP contribution in [0.15, 0.2) is 48.5 Å². The molecule has 0 saturated heterocycles. The van der Waals surface area contributed by atoms with E-state index in [2.05, 4.69) is 21.2 Å². The molecule has 2 aromatic carbocycles. The van der Waals surface area contributed by atoms with Crippen LogP contribution >= 0.6 is 27.5 Å². The Hall–Kier alpha value is -1.52. The van der Waals surface area contributed by atoms with Crippen LogP contribution in [0.5, 0.6) is 5.75 Å². The van der Waals surface area contributed by atoms with Crippen LogP contribution in [-0.2, 0) is 0 Å². The van der Waals surface area contributed by atoms with E-state index in [-0.39, 0.29) is 10.7 Å². The Morgan fingerprint density at radius 3 is 2.67 bits per heavy atom. The number of carbonyl (C=O) groups excluding carboxylic acids is 1. The number of amides is 1. The van der Waals surface area contributed by atoms with Gasteiger partial charge in [-0.2, -0.15) is 0 Å². The second-order valence-electron chi connectivity index (χ2n) is 4.43. The molecular formula is C16H15BrClNO2. The molecule has 0 aliphatic heterocycles. The zero-order valence-electron chi connectivity index (χ0n) is 11.5. The summed E-state index contributed by atoms with van der Waals surface area (Å²) < 4.78 is 5.18. The molecule has 0 bridgehead atoms. The third kappa shape index (κ3) is 4.22. The first kappa shape index (κ1) is 15.9. The van der Waals surface area contributed by atoms with E-state index in [4.69, 9.17) is 16.3 Å². The SMILES string of the molecule is COc1ccc(Cl)cc1C(=O)NCC(Br)c1ccccc1. The molecule has 1 N–H and O–H groups in total. The lowest BCUT2D eigenvalue weighted by atomic mass is 10.1. The number of benzene rings is 2. The minimum absolute atomic E-state index is 0.0489. The molecule has 0 aliphatic rings. The quantitative estimate of drug-likeness (QED) is 0.803. The number of methoxy groups -OCH3 is 1. The van der Waals surface area contributed by atoms with Crippen molar-refractivity contribution in [3.63, 3.8) is 0 Å². The number of alkyl halides is 1. The maximum absolute atomic E-state index is 12.2. The van der Waals surface area contributed by atoms with Gasteiger partial charge in [-0.15, -0.1) is 0 Å². The summed E-state index contributed by atoms with van der Waals surface area (Å²) >= 11 is 9.50. The van der Waals surface area contributed by atoms with Crippen molar-refractivity contribution in [2.45, 2.75) is 4.83 Å². The molecule has 5 heteroatoms. The summed E-state index contributed by atoms with van der Waals surface area (Å²) in [5.41, 5.74) is 1.54. The van der Waals surface area contributed by atoms with Gasteiger partial charge in [0.1, 0.15) is 5.75 Å². The fourth-order valence-corrected chi connectivity index (χ4v) is 2.55. The van der Waals surface area contributed by atoms with Crippen molar-refractivity contribution in [1.82, 2.24) is 5.32 Å². The maximum Gasteiger partial charge on any atom is 0.255 e. The van der Waals surface area contributed by atoms with Crippen LogP contribution in [0.1, 0.15) is 20.7 Å². The van der Waals surface area contributed by atoms with E-state index in [9.17, 15) is 4.79 Å². The summed E-state index contributed by atoms with van der Waals surface area (Å²) in [6.07, 6.45) is 0. The van der Waals surface area contributed by atoms with E-state index < -0.39 is 0 Å². The number of ether oxygens (including phenoxy) is 1. The average Bonchev–Trinajstić information content (AvgIpc) is 2.53. The highest BCUT2D eigenvalue weighted by Gasteiger charge is 2.14. The summed E-state index contributed by atoms with van der Waals surface area (Å²) in [4.78, 5) is 12.3. The van der Waals surface area contributed by atoms with Crippen LogP contribution in [0.2, 0.25) is 5.02 Å². The molecule has 0 heterocycles. The molecule has 110 valence electrons. The van der Waals surface area contributed by atoms with E-state index in [1.54, 1.807) is 18.2 Å². The number of nitrogens with one attached hydrogen (secondary N) is 1. The third-order valence-electron chi connectivity index (χ3n) is 3.01. The molecule has 0 aromatic heterocycles. The Kier molecular flexibility index (Phi) is 5.65. The van der Waals surface area contributed by atoms with E-state index in [1.165, 1.54) is 7.11 Å². The average molecular weight is 369 g/mol. The number of rotatable bonds is 5. The topological polar surface area (TPSA) is 38.3 Å². The van der Waals surface area contributed by atoms with Crippen molar-refractivity contribution in [3.05, 3.63) is 64.7 Å². The summed E-state index contributed by atoms with van der Waals surface area (Å²) in [6.45, 7) is 0.471. The molecule has 0 aliphatic carbocycles. The highest BCUT2D eigenvalue weighted by atomic mass is 79.9. The molecule has 1 amide bonds. The molecule has 2 rings (SSSR count). The van der Waals surface area contributed by atoms with Gasteiger partial charge in [0.15, 0.2) is 0 Å². The van der Waals surface area contributed by atoms with Crippen LogP contribution in [0, 0.1) is 0 Å². The molecule has 1 atom stereocenters. The number of halogens is 2. The Morgan fingerprint density at radius 2 is 2.00 bits per heavy atom. The summed E-state index contributed by atoms with van der Waals surface area (Å²) in [5.74, 6) is 0.289. The van der Waals surface area contributed by atoms with Crippen LogP contribution < -0.4 is 10.1 Å². The van der Waals surface area contributed by atoms with Crippen LogP contribution in [-0.4, -0.2) is 19.6 Å². The van der Waals surface area contributed by atoms with Gasteiger partial charge >= 0.3 is 0 Å². The fourth-order valence-electron chi connectivity index (χ4n) is 1.91.